The molecule has 0 fully saturated rings. The van der Waals surface area contributed by atoms with Gasteiger partial charge in [-0.15, -0.1) is 35.0 Å². The highest BCUT2D eigenvalue weighted by atomic mass is 35.5. The van der Waals surface area contributed by atoms with E-state index < -0.39 is 0 Å². The molecule has 23 heavy (non-hydrogen) atoms. The van der Waals surface area contributed by atoms with Gasteiger partial charge in [-0.1, -0.05) is 19.3 Å². The van der Waals surface area contributed by atoms with Gasteiger partial charge < -0.3 is 15.6 Å². The zero-order valence-corrected chi connectivity index (χ0v) is 15.3. The van der Waals surface area contributed by atoms with Crippen LogP contribution in [0.4, 0.5) is 0 Å². The van der Waals surface area contributed by atoms with Crippen LogP contribution in [0.1, 0.15) is 63.0 Å². The first-order valence-corrected chi connectivity index (χ1v) is 8.19. The largest absolute Gasteiger partial charge is 0.349 e. The van der Waals surface area contributed by atoms with Gasteiger partial charge in [0.25, 0.3) is 0 Å². The monoisotopic (exact) mass is 365 g/mol. The van der Waals surface area contributed by atoms with E-state index in [1.165, 1.54) is 19.3 Å². The fraction of sp³-hybridized carbons (Fsp3) is 0.800. The minimum Gasteiger partial charge on any atom is -0.349 e. The van der Waals surface area contributed by atoms with Crippen molar-refractivity contribution >= 4 is 30.7 Å². The van der Waals surface area contributed by atoms with Crippen molar-refractivity contribution in [1.82, 2.24) is 20.1 Å². The van der Waals surface area contributed by atoms with Crippen molar-refractivity contribution in [3.05, 3.63) is 11.6 Å². The lowest BCUT2D eigenvalue weighted by Crippen LogP contribution is -2.24. The van der Waals surface area contributed by atoms with E-state index in [4.69, 9.17) is 5.73 Å². The molecule has 6 nitrogen and oxygen atoms in total. The fourth-order valence-electron chi connectivity index (χ4n) is 2.73. The molecule has 2 heterocycles. The van der Waals surface area contributed by atoms with Gasteiger partial charge in [-0.05, 0) is 32.2 Å². The molecule has 0 atom stereocenters. The number of amides is 1. The number of fused-ring (bicyclic) bond motifs is 1. The van der Waals surface area contributed by atoms with Gasteiger partial charge in [-0.2, -0.15) is 0 Å². The van der Waals surface area contributed by atoms with Crippen LogP contribution in [-0.2, 0) is 24.3 Å². The summed E-state index contributed by atoms with van der Waals surface area (Å²) in [6.45, 7) is 2.21. The number of carbonyl (C=O) groups excluding carboxylic acids is 1. The fourth-order valence-corrected chi connectivity index (χ4v) is 2.73. The maximum absolute atomic E-state index is 11.8. The average Bonchev–Trinajstić information content (AvgIpc) is 2.72. The second-order valence-electron chi connectivity index (χ2n) is 5.72. The molecule has 0 spiro atoms. The van der Waals surface area contributed by atoms with Crippen LogP contribution in [0.3, 0.4) is 0 Å². The minimum atomic E-state index is 0. The molecule has 0 bridgehead atoms. The highest BCUT2D eigenvalue weighted by Gasteiger charge is 2.14. The smallest absolute Gasteiger partial charge is 0.220 e. The number of halogens is 2. The summed E-state index contributed by atoms with van der Waals surface area (Å²) in [6, 6.07) is 0. The Morgan fingerprint density at radius 2 is 1.87 bits per heavy atom. The Morgan fingerprint density at radius 3 is 2.65 bits per heavy atom. The van der Waals surface area contributed by atoms with E-state index in [1.807, 2.05) is 0 Å². The third kappa shape index (κ3) is 7.50. The molecule has 2 rings (SSSR count). The summed E-state index contributed by atoms with van der Waals surface area (Å²) in [7, 11) is 0. The molecule has 1 aromatic heterocycles. The Hall–Kier alpha value is -0.850. The normalized spacial score (nSPS) is 13.3. The molecule has 0 aliphatic carbocycles. The molecule has 134 valence electrons. The van der Waals surface area contributed by atoms with Crippen LogP contribution >= 0.6 is 24.8 Å². The van der Waals surface area contributed by atoms with E-state index in [0.29, 0.717) is 13.0 Å². The summed E-state index contributed by atoms with van der Waals surface area (Å²) in [5.74, 6) is 2.07. The zero-order chi connectivity index (χ0) is 14.9. The number of unbranched alkanes of at least 4 members (excludes halogenated alkanes) is 3. The molecule has 0 radical (unpaired) electrons. The van der Waals surface area contributed by atoms with Gasteiger partial charge in [0.15, 0.2) is 5.82 Å². The molecule has 0 aromatic carbocycles. The van der Waals surface area contributed by atoms with Gasteiger partial charge in [0.2, 0.25) is 5.91 Å². The molecule has 1 aromatic rings. The number of aromatic nitrogens is 3. The Balaban J connectivity index is 0.00000242. The van der Waals surface area contributed by atoms with Crippen LogP contribution < -0.4 is 11.1 Å². The summed E-state index contributed by atoms with van der Waals surface area (Å²) in [6.07, 6.45) is 9.37. The van der Waals surface area contributed by atoms with Crippen LogP contribution in [0, 0.1) is 0 Å². The van der Waals surface area contributed by atoms with E-state index in [9.17, 15) is 4.79 Å². The van der Waals surface area contributed by atoms with Crippen molar-refractivity contribution in [2.45, 2.75) is 70.9 Å². The Labute approximate surface area is 150 Å². The Morgan fingerprint density at radius 1 is 1.09 bits per heavy atom. The molecular weight excluding hydrogens is 337 g/mol. The van der Waals surface area contributed by atoms with E-state index in [1.54, 1.807) is 0 Å². The van der Waals surface area contributed by atoms with Crippen molar-refractivity contribution in [2.75, 3.05) is 6.54 Å². The number of hydrogen-bond acceptors (Lipinski definition) is 4. The van der Waals surface area contributed by atoms with Crippen molar-refractivity contribution in [3.8, 4) is 0 Å². The highest BCUT2D eigenvalue weighted by Crippen LogP contribution is 2.14. The average molecular weight is 366 g/mol. The number of nitrogens with one attached hydrogen (secondary N) is 1. The Bertz CT molecular complexity index is 453. The van der Waals surface area contributed by atoms with Crippen LogP contribution in [0.5, 0.6) is 0 Å². The Kier molecular flexibility index (Phi) is 12.1. The molecule has 0 saturated heterocycles. The van der Waals surface area contributed by atoms with Gasteiger partial charge in [0.05, 0.1) is 6.54 Å². The van der Waals surface area contributed by atoms with Gasteiger partial charge in [-0.3, -0.25) is 4.79 Å². The standard InChI is InChI=1S/C15H27N5O.2ClH/c16-10-6-2-1-5-9-15(21)17-12-14-19-18-13-8-4-3-7-11-20(13)14;;/h1-12,16H2,(H,17,21);2*1H. The van der Waals surface area contributed by atoms with Crippen molar-refractivity contribution < 1.29 is 4.79 Å². The first kappa shape index (κ1) is 22.1. The van der Waals surface area contributed by atoms with Gasteiger partial charge >= 0.3 is 0 Å². The van der Waals surface area contributed by atoms with E-state index in [-0.39, 0.29) is 30.7 Å². The molecule has 1 aliphatic rings. The summed E-state index contributed by atoms with van der Waals surface area (Å²) in [4.78, 5) is 11.8. The second kappa shape index (κ2) is 12.6. The maximum Gasteiger partial charge on any atom is 0.220 e. The zero-order valence-electron chi connectivity index (χ0n) is 13.6. The summed E-state index contributed by atoms with van der Waals surface area (Å²) in [5.41, 5.74) is 5.44. The van der Waals surface area contributed by atoms with E-state index in [2.05, 4.69) is 20.1 Å². The SMILES string of the molecule is Cl.Cl.NCCCCCCC(=O)NCc1nnc2n1CCCCC2. The van der Waals surface area contributed by atoms with Crippen molar-refractivity contribution in [3.63, 3.8) is 0 Å². The molecule has 0 unspecified atom stereocenters. The number of aryl methyl sites for hydroxylation is 1. The maximum atomic E-state index is 11.8. The molecule has 0 saturated carbocycles. The summed E-state index contributed by atoms with van der Waals surface area (Å²) < 4.78 is 2.18. The lowest BCUT2D eigenvalue weighted by Gasteiger charge is -2.08. The van der Waals surface area contributed by atoms with Gasteiger partial charge in [0.1, 0.15) is 5.82 Å². The van der Waals surface area contributed by atoms with Crippen LogP contribution in [0.2, 0.25) is 0 Å². The third-order valence-electron chi connectivity index (χ3n) is 3.99. The van der Waals surface area contributed by atoms with Gasteiger partial charge in [0, 0.05) is 19.4 Å². The molecular formula is C15H29Cl2N5O. The highest BCUT2D eigenvalue weighted by molar-refractivity contribution is 5.85. The predicted octanol–water partition coefficient (Wildman–Crippen LogP) is 2.37. The third-order valence-corrected chi connectivity index (χ3v) is 3.99. The molecule has 1 amide bonds. The summed E-state index contributed by atoms with van der Waals surface area (Å²) in [5, 5.41) is 11.4. The number of carbonyl (C=O) groups is 1. The van der Waals surface area contributed by atoms with Crippen molar-refractivity contribution in [2.24, 2.45) is 5.73 Å². The lowest BCUT2D eigenvalue weighted by molar-refractivity contribution is -0.121. The van der Waals surface area contributed by atoms with E-state index >= 15 is 0 Å². The number of nitrogens with zero attached hydrogens (tertiary/aromatic N) is 3. The predicted molar refractivity (Wildman–Crippen MR) is 96.1 cm³/mol. The summed E-state index contributed by atoms with van der Waals surface area (Å²) >= 11 is 0. The molecule has 1 aliphatic heterocycles. The van der Waals surface area contributed by atoms with Crippen LogP contribution in [0.25, 0.3) is 0 Å². The quantitative estimate of drug-likeness (QED) is 0.692. The number of hydrogen-bond donors (Lipinski definition) is 2. The van der Waals surface area contributed by atoms with Gasteiger partial charge in [-0.25, -0.2) is 0 Å². The lowest BCUT2D eigenvalue weighted by atomic mass is 10.1. The first-order chi connectivity index (χ1) is 10.3. The minimum absolute atomic E-state index is 0. The van der Waals surface area contributed by atoms with Crippen LogP contribution in [-0.4, -0.2) is 27.2 Å². The topological polar surface area (TPSA) is 85.8 Å². The second-order valence-corrected chi connectivity index (χ2v) is 5.72. The van der Waals surface area contributed by atoms with Crippen molar-refractivity contribution in [1.29, 1.82) is 0 Å². The number of rotatable bonds is 8. The first-order valence-electron chi connectivity index (χ1n) is 8.19. The van der Waals surface area contributed by atoms with E-state index in [0.717, 1.165) is 56.8 Å². The molecule has 8 heteroatoms. The van der Waals surface area contributed by atoms with Crippen LogP contribution in [0.15, 0.2) is 0 Å². The number of nitrogens with two attached hydrogens (primary N) is 1. The molecule has 3 N–H and O–H groups in total.